The molecule has 21 heavy (non-hydrogen) atoms. The Labute approximate surface area is 126 Å². The van der Waals surface area contributed by atoms with Gasteiger partial charge in [-0.15, -0.1) is 0 Å². The molecule has 1 aliphatic rings. The van der Waals surface area contributed by atoms with Crippen molar-refractivity contribution in [2.75, 3.05) is 0 Å². The Morgan fingerprint density at radius 1 is 1.43 bits per heavy atom. The van der Waals surface area contributed by atoms with Crippen LogP contribution in [-0.4, -0.2) is 33.7 Å². The first-order chi connectivity index (χ1) is 9.92. The van der Waals surface area contributed by atoms with E-state index in [0.29, 0.717) is 6.04 Å². The summed E-state index contributed by atoms with van der Waals surface area (Å²) >= 11 is 0. The van der Waals surface area contributed by atoms with Crippen molar-refractivity contribution in [2.45, 2.75) is 70.7 Å². The van der Waals surface area contributed by atoms with E-state index in [4.69, 9.17) is 4.74 Å². The molecule has 0 radical (unpaired) electrons. The van der Waals surface area contributed by atoms with Crippen molar-refractivity contribution in [1.29, 1.82) is 0 Å². The van der Waals surface area contributed by atoms with Crippen molar-refractivity contribution in [3.63, 3.8) is 0 Å². The molecule has 118 valence electrons. The molecule has 3 N–H and O–H groups in total. The van der Waals surface area contributed by atoms with Crippen LogP contribution in [-0.2, 0) is 11.3 Å². The number of rotatable bonds is 4. The zero-order chi connectivity index (χ0) is 15.3. The van der Waals surface area contributed by atoms with Gasteiger partial charge in [0.1, 0.15) is 11.4 Å². The van der Waals surface area contributed by atoms with Gasteiger partial charge in [0.15, 0.2) is 0 Å². The van der Waals surface area contributed by atoms with Gasteiger partial charge in [-0.25, -0.2) is 9.78 Å². The fourth-order valence-corrected chi connectivity index (χ4v) is 2.62. The van der Waals surface area contributed by atoms with Crippen molar-refractivity contribution in [3.05, 3.63) is 18.2 Å². The van der Waals surface area contributed by atoms with Crippen LogP contribution in [0.25, 0.3) is 0 Å². The number of carbonyl (C=O) groups excluding carboxylic acids is 1. The van der Waals surface area contributed by atoms with Crippen LogP contribution in [0.1, 0.15) is 52.3 Å². The SMILES string of the molecule is CC(C)(C)OC(=O)NC1CCCC(NCc2ncc[nH]2)C1. The number of aromatic nitrogens is 2. The van der Waals surface area contributed by atoms with Crippen LogP contribution in [0.4, 0.5) is 4.79 Å². The van der Waals surface area contributed by atoms with E-state index in [9.17, 15) is 4.79 Å². The molecule has 1 heterocycles. The van der Waals surface area contributed by atoms with Gasteiger partial charge in [-0.2, -0.15) is 0 Å². The van der Waals surface area contributed by atoms with E-state index in [1.165, 1.54) is 0 Å². The van der Waals surface area contributed by atoms with Crippen molar-refractivity contribution >= 4 is 6.09 Å². The predicted octanol–water partition coefficient (Wildman–Crippen LogP) is 2.34. The summed E-state index contributed by atoms with van der Waals surface area (Å²) in [6, 6.07) is 0.589. The Bertz CT molecular complexity index is 439. The number of aromatic amines is 1. The molecule has 0 saturated heterocycles. The summed E-state index contributed by atoms with van der Waals surface area (Å²) in [5.41, 5.74) is -0.449. The van der Waals surface area contributed by atoms with Gasteiger partial charge in [0.05, 0.1) is 6.54 Å². The minimum Gasteiger partial charge on any atom is -0.444 e. The molecule has 1 saturated carbocycles. The molecule has 1 aliphatic carbocycles. The molecule has 0 bridgehead atoms. The van der Waals surface area contributed by atoms with E-state index < -0.39 is 5.60 Å². The van der Waals surface area contributed by atoms with Crippen molar-refractivity contribution in [1.82, 2.24) is 20.6 Å². The highest BCUT2D eigenvalue weighted by atomic mass is 16.6. The summed E-state index contributed by atoms with van der Waals surface area (Å²) in [4.78, 5) is 19.1. The molecule has 2 rings (SSSR count). The van der Waals surface area contributed by atoms with Crippen molar-refractivity contribution in [2.24, 2.45) is 0 Å². The number of ether oxygens (including phenoxy) is 1. The molecule has 2 atom stereocenters. The molecular weight excluding hydrogens is 268 g/mol. The van der Waals surface area contributed by atoms with Crippen molar-refractivity contribution < 1.29 is 9.53 Å². The Kier molecular flexibility index (Phi) is 5.22. The first-order valence-corrected chi connectivity index (χ1v) is 7.63. The number of alkyl carbamates (subject to hydrolysis) is 1. The fourth-order valence-electron chi connectivity index (χ4n) is 2.62. The fraction of sp³-hybridized carbons (Fsp3) is 0.733. The minimum atomic E-state index is -0.449. The maximum absolute atomic E-state index is 11.8. The van der Waals surface area contributed by atoms with Gasteiger partial charge in [0.2, 0.25) is 0 Å². The standard InChI is InChI=1S/C15H26N4O2/c1-15(2,3)21-14(20)19-12-6-4-5-11(9-12)18-10-13-16-7-8-17-13/h7-8,11-12,18H,4-6,9-10H2,1-3H3,(H,16,17)(H,19,20). The lowest BCUT2D eigenvalue weighted by molar-refractivity contribution is 0.0488. The molecule has 1 aromatic heterocycles. The van der Waals surface area contributed by atoms with E-state index in [1.807, 2.05) is 27.0 Å². The minimum absolute atomic E-state index is 0.183. The Balaban J connectivity index is 1.74. The predicted molar refractivity (Wildman–Crippen MR) is 80.8 cm³/mol. The quantitative estimate of drug-likeness (QED) is 0.796. The summed E-state index contributed by atoms with van der Waals surface area (Å²) < 4.78 is 5.31. The monoisotopic (exact) mass is 294 g/mol. The zero-order valence-electron chi connectivity index (χ0n) is 13.1. The van der Waals surface area contributed by atoms with Crippen LogP contribution < -0.4 is 10.6 Å². The first-order valence-electron chi connectivity index (χ1n) is 7.63. The van der Waals surface area contributed by atoms with E-state index in [2.05, 4.69) is 20.6 Å². The lowest BCUT2D eigenvalue weighted by atomic mass is 9.91. The van der Waals surface area contributed by atoms with Crippen LogP contribution in [0.3, 0.4) is 0 Å². The second kappa shape index (κ2) is 6.93. The Morgan fingerprint density at radius 2 is 2.19 bits per heavy atom. The molecule has 1 fully saturated rings. The van der Waals surface area contributed by atoms with Crippen LogP contribution in [0.5, 0.6) is 0 Å². The molecule has 6 nitrogen and oxygen atoms in total. The highest BCUT2D eigenvalue weighted by Crippen LogP contribution is 2.19. The zero-order valence-corrected chi connectivity index (χ0v) is 13.1. The van der Waals surface area contributed by atoms with E-state index >= 15 is 0 Å². The van der Waals surface area contributed by atoms with Gasteiger partial charge in [0.25, 0.3) is 0 Å². The number of hydrogen-bond acceptors (Lipinski definition) is 4. The van der Waals surface area contributed by atoms with E-state index in [1.54, 1.807) is 6.20 Å². The maximum atomic E-state index is 11.8. The lowest BCUT2D eigenvalue weighted by Gasteiger charge is -2.31. The van der Waals surface area contributed by atoms with Crippen LogP contribution in [0, 0.1) is 0 Å². The van der Waals surface area contributed by atoms with E-state index in [0.717, 1.165) is 38.1 Å². The van der Waals surface area contributed by atoms with Gasteiger partial charge in [0, 0.05) is 24.5 Å². The van der Waals surface area contributed by atoms with Gasteiger partial charge < -0.3 is 20.4 Å². The molecule has 0 aromatic carbocycles. The first kappa shape index (κ1) is 15.8. The maximum Gasteiger partial charge on any atom is 0.407 e. The summed E-state index contributed by atoms with van der Waals surface area (Å²) in [5.74, 6) is 0.942. The summed E-state index contributed by atoms with van der Waals surface area (Å²) in [6.45, 7) is 6.36. The highest BCUT2D eigenvalue weighted by Gasteiger charge is 2.25. The molecule has 1 amide bonds. The summed E-state index contributed by atoms with van der Waals surface area (Å²) in [7, 11) is 0. The molecule has 1 aromatic rings. The Morgan fingerprint density at radius 3 is 2.86 bits per heavy atom. The van der Waals surface area contributed by atoms with Crippen LogP contribution in [0.15, 0.2) is 12.4 Å². The molecular formula is C15H26N4O2. The normalized spacial score (nSPS) is 22.8. The van der Waals surface area contributed by atoms with Crippen molar-refractivity contribution in [3.8, 4) is 0 Å². The topological polar surface area (TPSA) is 79.0 Å². The number of carbonyl (C=O) groups is 1. The average molecular weight is 294 g/mol. The number of hydrogen-bond donors (Lipinski definition) is 3. The highest BCUT2D eigenvalue weighted by molar-refractivity contribution is 5.68. The Hall–Kier alpha value is -1.56. The average Bonchev–Trinajstić information content (AvgIpc) is 2.87. The molecule has 0 aliphatic heterocycles. The molecule has 0 spiro atoms. The van der Waals surface area contributed by atoms with Crippen LogP contribution >= 0.6 is 0 Å². The third-order valence-corrected chi connectivity index (χ3v) is 3.51. The number of H-pyrrole nitrogens is 1. The number of nitrogens with one attached hydrogen (secondary N) is 3. The van der Waals surface area contributed by atoms with Gasteiger partial charge >= 0.3 is 6.09 Å². The van der Waals surface area contributed by atoms with Crippen LogP contribution in [0.2, 0.25) is 0 Å². The largest absolute Gasteiger partial charge is 0.444 e. The smallest absolute Gasteiger partial charge is 0.407 e. The second-order valence-corrected chi connectivity index (χ2v) is 6.62. The lowest BCUT2D eigenvalue weighted by Crippen LogP contribution is -2.45. The third-order valence-electron chi connectivity index (χ3n) is 3.51. The number of imidazole rings is 1. The number of amides is 1. The van der Waals surface area contributed by atoms with Gasteiger partial charge in [-0.1, -0.05) is 0 Å². The molecule has 6 heteroatoms. The third kappa shape index (κ3) is 5.75. The summed E-state index contributed by atoms with van der Waals surface area (Å²) in [6.07, 6.45) is 7.44. The van der Waals surface area contributed by atoms with E-state index in [-0.39, 0.29) is 12.1 Å². The number of nitrogens with zero attached hydrogens (tertiary/aromatic N) is 1. The second-order valence-electron chi connectivity index (χ2n) is 6.62. The summed E-state index contributed by atoms with van der Waals surface area (Å²) in [5, 5.41) is 6.46. The van der Waals surface area contributed by atoms with Gasteiger partial charge in [-0.05, 0) is 46.5 Å². The molecule has 2 unspecified atom stereocenters. The van der Waals surface area contributed by atoms with Gasteiger partial charge in [-0.3, -0.25) is 0 Å².